The van der Waals surface area contributed by atoms with Gasteiger partial charge in [0, 0.05) is 17.8 Å². The third-order valence-electron chi connectivity index (χ3n) is 3.44. The van der Waals surface area contributed by atoms with Crippen molar-refractivity contribution in [3.8, 4) is 0 Å². The number of fused-ring (bicyclic) bond motifs is 2. The van der Waals surface area contributed by atoms with Gasteiger partial charge in [-0.25, -0.2) is 9.97 Å². The Hall–Kier alpha value is -2.95. The van der Waals surface area contributed by atoms with Gasteiger partial charge in [-0.3, -0.25) is 9.38 Å². The van der Waals surface area contributed by atoms with E-state index in [9.17, 15) is 0 Å². The number of nitrogens with one attached hydrogen (secondary N) is 1. The third kappa shape index (κ3) is 2.18. The molecule has 1 N–H and O–H groups in total. The first-order valence-corrected chi connectivity index (χ1v) is 6.76. The first-order chi connectivity index (χ1) is 10.4. The number of hydrogen-bond acceptors (Lipinski definition) is 4. The van der Waals surface area contributed by atoms with Crippen LogP contribution < -0.4 is 5.32 Å². The molecule has 3 aromatic heterocycles. The lowest BCUT2D eigenvalue weighted by atomic mass is 10.2. The van der Waals surface area contributed by atoms with E-state index < -0.39 is 0 Å². The van der Waals surface area contributed by atoms with Gasteiger partial charge in [-0.1, -0.05) is 18.2 Å². The summed E-state index contributed by atoms with van der Waals surface area (Å²) in [5, 5.41) is 4.48. The van der Waals surface area contributed by atoms with E-state index in [0.717, 1.165) is 28.1 Å². The Kier molecular flexibility index (Phi) is 2.74. The molecule has 0 radical (unpaired) electrons. The van der Waals surface area contributed by atoms with Gasteiger partial charge in [-0.05, 0) is 18.2 Å². The van der Waals surface area contributed by atoms with Gasteiger partial charge in [0.15, 0.2) is 5.65 Å². The van der Waals surface area contributed by atoms with Crippen LogP contribution in [0.3, 0.4) is 0 Å². The molecule has 0 unspecified atom stereocenters. The number of hydrogen-bond donors (Lipinski definition) is 1. The van der Waals surface area contributed by atoms with Gasteiger partial charge in [-0.15, -0.1) is 0 Å². The molecule has 102 valence electrons. The Balaban J connectivity index is 1.60. The summed E-state index contributed by atoms with van der Waals surface area (Å²) in [6, 6.07) is 12.2. The first kappa shape index (κ1) is 11.8. The van der Waals surface area contributed by atoms with Crippen molar-refractivity contribution in [3.63, 3.8) is 0 Å². The van der Waals surface area contributed by atoms with Gasteiger partial charge in [0.25, 0.3) is 0 Å². The Morgan fingerprint density at radius 3 is 3.00 bits per heavy atom. The number of aromatic nitrogens is 4. The van der Waals surface area contributed by atoms with Crippen molar-refractivity contribution >= 4 is 22.4 Å². The van der Waals surface area contributed by atoms with E-state index in [1.54, 1.807) is 12.4 Å². The maximum atomic E-state index is 4.60. The Morgan fingerprint density at radius 1 is 1.05 bits per heavy atom. The molecule has 3 heterocycles. The van der Waals surface area contributed by atoms with Crippen LogP contribution in [0.4, 0.5) is 5.82 Å². The highest BCUT2D eigenvalue weighted by Gasteiger charge is 2.03. The Bertz CT molecular complexity index is 912. The van der Waals surface area contributed by atoms with Crippen molar-refractivity contribution in [1.29, 1.82) is 0 Å². The zero-order chi connectivity index (χ0) is 14.1. The average Bonchev–Trinajstić information content (AvgIpc) is 2.96. The van der Waals surface area contributed by atoms with E-state index in [1.807, 2.05) is 41.1 Å². The summed E-state index contributed by atoms with van der Waals surface area (Å²) in [5.41, 5.74) is 2.91. The summed E-state index contributed by atoms with van der Waals surface area (Å²) in [7, 11) is 0. The minimum absolute atomic E-state index is 0.663. The molecule has 0 atom stereocenters. The average molecular weight is 275 g/mol. The maximum absolute atomic E-state index is 4.60. The number of pyridine rings is 1. The second-order valence-electron chi connectivity index (χ2n) is 4.80. The smallest absolute Gasteiger partial charge is 0.155 e. The minimum Gasteiger partial charge on any atom is -0.364 e. The Labute approximate surface area is 121 Å². The van der Waals surface area contributed by atoms with Crippen molar-refractivity contribution in [2.45, 2.75) is 6.54 Å². The zero-order valence-corrected chi connectivity index (χ0v) is 11.3. The molecule has 21 heavy (non-hydrogen) atoms. The van der Waals surface area contributed by atoms with Crippen LogP contribution in [-0.2, 0) is 6.54 Å². The van der Waals surface area contributed by atoms with Crippen LogP contribution in [0.5, 0.6) is 0 Å². The summed E-state index contributed by atoms with van der Waals surface area (Å²) in [5.74, 6) is 0.859. The van der Waals surface area contributed by atoms with Crippen molar-refractivity contribution in [1.82, 2.24) is 19.4 Å². The summed E-state index contributed by atoms with van der Waals surface area (Å²) in [6.45, 7) is 0.663. The molecule has 0 saturated carbocycles. The molecule has 5 heteroatoms. The predicted octanol–water partition coefficient (Wildman–Crippen LogP) is 2.89. The summed E-state index contributed by atoms with van der Waals surface area (Å²) < 4.78 is 2.01. The van der Waals surface area contributed by atoms with Crippen molar-refractivity contribution in [2.24, 2.45) is 0 Å². The molecule has 0 saturated heterocycles. The van der Waals surface area contributed by atoms with E-state index in [2.05, 4.69) is 32.4 Å². The molecule has 1 aromatic carbocycles. The monoisotopic (exact) mass is 275 g/mol. The first-order valence-electron chi connectivity index (χ1n) is 6.76. The van der Waals surface area contributed by atoms with Crippen molar-refractivity contribution in [2.75, 3.05) is 5.32 Å². The summed E-state index contributed by atoms with van der Waals surface area (Å²) in [6.07, 6.45) is 7.27. The van der Waals surface area contributed by atoms with E-state index in [0.29, 0.717) is 6.54 Å². The molecular formula is C16H13N5. The van der Waals surface area contributed by atoms with Crippen molar-refractivity contribution in [3.05, 3.63) is 66.9 Å². The lowest BCUT2D eigenvalue weighted by Gasteiger charge is -2.06. The van der Waals surface area contributed by atoms with Crippen LogP contribution in [0.15, 0.2) is 61.2 Å². The minimum atomic E-state index is 0.663. The van der Waals surface area contributed by atoms with E-state index in [1.165, 1.54) is 0 Å². The van der Waals surface area contributed by atoms with Crippen LogP contribution in [-0.4, -0.2) is 19.4 Å². The van der Waals surface area contributed by atoms with Gasteiger partial charge in [0.2, 0.25) is 0 Å². The fraction of sp³-hybridized carbons (Fsp3) is 0.0625. The van der Waals surface area contributed by atoms with Gasteiger partial charge >= 0.3 is 0 Å². The molecular weight excluding hydrogens is 262 g/mol. The van der Waals surface area contributed by atoms with Crippen LogP contribution in [0.1, 0.15) is 5.69 Å². The molecule has 5 nitrogen and oxygen atoms in total. The third-order valence-corrected chi connectivity index (χ3v) is 3.44. The summed E-state index contributed by atoms with van der Waals surface area (Å²) in [4.78, 5) is 13.0. The highest BCUT2D eigenvalue weighted by Crippen LogP contribution is 2.15. The van der Waals surface area contributed by atoms with Gasteiger partial charge in [0.05, 0.1) is 30.1 Å². The Morgan fingerprint density at radius 2 is 2.00 bits per heavy atom. The standard InChI is InChI=1S/C16H13N5/c1-2-4-14-12(3-1)5-6-15(20-14)18-9-13-10-19-16-11-17-7-8-21(13)16/h1-8,10-11H,9H2,(H,18,20). The quantitative estimate of drug-likeness (QED) is 0.624. The highest BCUT2D eigenvalue weighted by atomic mass is 15.1. The fourth-order valence-corrected chi connectivity index (χ4v) is 2.37. The number of benzene rings is 1. The predicted molar refractivity (Wildman–Crippen MR) is 82.1 cm³/mol. The number of imidazole rings is 1. The van der Waals surface area contributed by atoms with Gasteiger partial charge in [-0.2, -0.15) is 0 Å². The summed E-state index contributed by atoms with van der Waals surface area (Å²) >= 11 is 0. The van der Waals surface area contributed by atoms with Gasteiger partial charge < -0.3 is 5.32 Å². The topological polar surface area (TPSA) is 55.1 Å². The maximum Gasteiger partial charge on any atom is 0.155 e. The number of anilines is 1. The number of para-hydroxylation sites is 1. The molecule has 0 amide bonds. The molecule has 0 aliphatic heterocycles. The molecule has 4 rings (SSSR count). The largest absolute Gasteiger partial charge is 0.364 e. The fourth-order valence-electron chi connectivity index (χ4n) is 2.37. The SMILES string of the molecule is c1ccc2nc(NCc3cnc4cnccn34)ccc2c1. The van der Waals surface area contributed by atoms with E-state index in [-0.39, 0.29) is 0 Å². The van der Waals surface area contributed by atoms with Crippen LogP contribution >= 0.6 is 0 Å². The van der Waals surface area contributed by atoms with E-state index >= 15 is 0 Å². The van der Waals surface area contributed by atoms with E-state index in [4.69, 9.17) is 0 Å². The second-order valence-corrected chi connectivity index (χ2v) is 4.80. The molecule has 0 fully saturated rings. The zero-order valence-electron chi connectivity index (χ0n) is 11.3. The van der Waals surface area contributed by atoms with Crippen LogP contribution in [0, 0.1) is 0 Å². The molecule has 0 aliphatic rings. The van der Waals surface area contributed by atoms with Crippen molar-refractivity contribution < 1.29 is 0 Å². The lowest BCUT2D eigenvalue weighted by molar-refractivity contribution is 0.985. The molecule has 0 spiro atoms. The number of nitrogens with zero attached hydrogens (tertiary/aromatic N) is 4. The second kappa shape index (κ2) is 4.86. The lowest BCUT2D eigenvalue weighted by Crippen LogP contribution is -2.04. The van der Waals surface area contributed by atoms with Crippen LogP contribution in [0.2, 0.25) is 0 Å². The van der Waals surface area contributed by atoms with Crippen LogP contribution in [0.25, 0.3) is 16.6 Å². The van der Waals surface area contributed by atoms with Gasteiger partial charge in [0.1, 0.15) is 5.82 Å². The molecule has 4 aromatic rings. The number of rotatable bonds is 3. The molecule has 0 bridgehead atoms. The highest BCUT2D eigenvalue weighted by molar-refractivity contribution is 5.80. The normalized spacial score (nSPS) is 11.0. The molecule has 0 aliphatic carbocycles.